The van der Waals surface area contributed by atoms with Gasteiger partial charge in [-0.05, 0) is 44.0 Å². The lowest BCUT2D eigenvalue weighted by molar-refractivity contribution is -0.116. The topological polar surface area (TPSA) is 41.1 Å². The Morgan fingerprint density at radius 3 is 2.63 bits per heavy atom. The van der Waals surface area contributed by atoms with Crippen molar-refractivity contribution in [2.45, 2.75) is 12.5 Å². The van der Waals surface area contributed by atoms with E-state index in [-0.39, 0.29) is 11.9 Å². The van der Waals surface area contributed by atoms with Gasteiger partial charge in [-0.15, -0.1) is 0 Å². The van der Waals surface area contributed by atoms with Crippen molar-refractivity contribution in [3.05, 3.63) is 25.6 Å². The van der Waals surface area contributed by atoms with Gasteiger partial charge in [0, 0.05) is 43.9 Å². The summed E-state index contributed by atoms with van der Waals surface area (Å²) in [6, 6.07) is 4.09. The number of hydrogen-bond donors (Lipinski definition) is 2. The number of nitrogens with one attached hydrogen (secondary N) is 2. The van der Waals surface area contributed by atoms with Gasteiger partial charge < -0.3 is 10.6 Å². The molecule has 1 aromatic carbocycles. The summed E-state index contributed by atoms with van der Waals surface area (Å²) in [5, 5.41) is 6.31. The molecule has 19 heavy (non-hydrogen) atoms. The average Bonchev–Trinajstić information content (AvgIpc) is 2.35. The van der Waals surface area contributed by atoms with E-state index in [0.717, 1.165) is 37.2 Å². The molecule has 0 saturated carbocycles. The van der Waals surface area contributed by atoms with Gasteiger partial charge >= 0.3 is 0 Å². The Bertz CT molecular complexity index is 455. The third-order valence-electron chi connectivity index (χ3n) is 2.70. The molecule has 2 rings (SSSR count). The predicted molar refractivity (Wildman–Crippen MR) is 91.9 cm³/mol. The summed E-state index contributed by atoms with van der Waals surface area (Å²) in [5.74, 6) is 2.15. The second-order valence-electron chi connectivity index (χ2n) is 4.22. The maximum Gasteiger partial charge on any atom is 0.226 e. The first kappa shape index (κ1) is 15.8. The fraction of sp³-hybridized carbons (Fsp3) is 0.417. The van der Waals surface area contributed by atoms with Crippen molar-refractivity contribution in [1.82, 2.24) is 5.32 Å². The molecule has 0 bridgehead atoms. The number of thioether (sulfide) groups is 1. The molecule has 1 aliphatic rings. The van der Waals surface area contributed by atoms with Crippen molar-refractivity contribution in [1.29, 1.82) is 0 Å². The van der Waals surface area contributed by atoms with Crippen molar-refractivity contribution < 1.29 is 4.79 Å². The van der Waals surface area contributed by atoms with Gasteiger partial charge in [-0.3, -0.25) is 4.79 Å². The largest absolute Gasteiger partial charge is 0.324 e. The average molecular weight is 473 g/mol. The van der Waals surface area contributed by atoms with Crippen molar-refractivity contribution in [3.8, 4) is 0 Å². The number of carbonyl (C=O) groups excluding carboxylic acids is 1. The Balaban J connectivity index is 1.98. The molecule has 1 heterocycles. The Labute approximate surface area is 142 Å². The van der Waals surface area contributed by atoms with Gasteiger partial charge in [0.25, 0.3) is 0 Å². The first-order valence-electron chi connectivity index (χ1n) is 5.82. The zero-order valence-corrected chi connectivity index (χ0v) is 15.6. The zero-order chi connectivity index (χ0) is 13.8. The van der Waals surface area contributed by atoms with Crippen LogP contribution in [0.25, 0.3) is 0 Å². The van der Waals surface area contributed by atoms with Gasteiger partial charge in [0.15, 0.2) is 0 Å². The lowest BCUT2D eigenvalue weighted by Gasteiger charge is -2.22. The summed E-state index contributed by atoms with van der Waals surface area (Å²) in [5.41, 5.74) is 0.775. The second-order valence-corrected chi connectivity index (χ2v) is 8.00. The lowest BCUT2D eigenvalue weighted by Crippen LogP contribution is -2.39. The summed E-state index contributed by atoms with van der Waals surface area (Å²) < 4.78 is 2.66. The quantitative estimate of drug-likeness (QED) is 0.698. The molecule has 1 aliphatic heterocycles. The van der Waals surface area contributed by atoms with Crippen LogP contribution in [0.2, 0.25) is 0 Å². The minimum atomic E-state index is 0.0312. The van der Waals surface area contributed by atoms with E-state index in [1.54, 1.807) is 0 Å². The fourth-order valence-electron chi connectivity index (χ4n) is 1.83. The van der Waals surface area contributed by atoms with Crippen LogP contribution in [0.15, 0.2) is 25.6 Å². The molecule has 2 N–H and O–H groups in total. The molecule has 104 valence electrons. The Kier molecular flexibility index (Phi) is 6.20. The highest BCUT2D eigenvalue weighted by molar-refractivity contribution is 9.11. The highest BCUT2D eigenvalue weighted by Gasteiger charge is 2.18. The monoisotopic (exact) mass is 470 g/mol. The molecule has 0 radical (unpaired) electrons. The number of hydrogen-bond acceptors (Lipinski definition) is 3. The lowest BCUT2D eigenvalue weighted by atomic mass is 10.2. The van der Waals surface area contributed by atoms with Crippen LogP contribution in [-0.2, 0) is 4.79 Å². The third-order valence-corrected chi connectivity index (χ3v) is 5.54. The molecule has 3 nitrogen and oxygen atoms in total. The third kappa shape index (κ3) is 4.74. The van der Waals surface area contributed by atoms with Gasteiger partial charge in [0.05, 0.1) is 5.69 Å². The summed E-state index contributed by atoms with van der Waals surface area (Å²) in [4.78, 5) is 12.1. The van der Waals surface area contributed by atoms with Crippen LogP contribution in [0.5, 0.6) is 0 Å². The number of benzene rings is 1. The predicted octanol–water partition coefficient (Wildman–Crippen LogP) is 4.01. The zero-order valence-electron chi connectivity index (χ0n) is 10.0. The van der Waals surface area contributed by atoms with Crippen LogP contribution in [-0.4, -0.2) is 30.0 Å². The van der Waals surface area contributed by atoms with Crippen molar-refractivity contribution in [3.63, 3.8) is 0 Å². The molecular formula is C12H13Br3N2OS. The van der Waals surface area contributed by atoms with Crippen LogP contribution < -0.4 is 10.6 Å². The summed E-state index contributed by atoms with van der Waals surface area (Å²) >= 11 is 12.2. The van der Waals surface area contributed by atoms with Gasteiger partial charge in [-0.2, -0.15) is 11.8 Å². The smallest absolute Gasteiger partial charge is 0.226 e. The summed E-state index contributed by atoms with van der Waals surface area (Å²) in [7, 11) is 0. The van der Waals surface area contributed by atoms with Crippen LogP contribution >= 0.6 is 59.6 Å². The molecule has 1 atom stereocenters. The first-order valence-corrected chi connectivity index (χ1v) is 9.35. The Hall–Kier alpha value is 0.440. The SMILES string of the molecule is O=C(CC1CSCCN1)Nc1c(Br)cc(Br)cc1Br. The van der Waals surface area contributed by atoms with Crippen molar-refractivity contribution in [2.24, 2.45) is 0 Å². The Morgan fingerprint density at radius 2 is 2.05 bits per heavy atom. The van der Waals surface area contributed by atoms with E-state index in [1.807, 2.05) is 23.9 Å². The second kappa shape index (κ2) is 7.45. The highest BCUT2D eigenvalue weighted by Crippen LogP contribution is 2.34. The van der Waals surface area contributed by atoms with E-state index < -0.39 is 0 Å². The fourth-order valence-corrected chi connectivity index (χ4v) is 5.23. The molecule has 0 aromatic heterocycles. The number of rotatable bonds is 3. The van der Waals surface area contributed by atoms with Gasteiger partial charge in [0.1, 0.15) is 0 Å². The van der Waals surface area contributed by atoms with Crippen molar-refractivity contribution in [2.75, 3.05) is 23.4 Å². The van der Waals surface area contributed by atoms with Gasteiger partial charge in [-0.25, -0.2) is 0 Å². The minimum Gasteiger partial charge on any atom is -0.324 e. The van der Waals surface area contributed by atoms with Crippen molar-refractivity contribution >= 4 is 71.1 Å². The molecule has 1 unspecified atom stereocenters. The van der Waals surface area contributed by atoms with E-state index in [2.05, 4.69) is 58.4 Å². The molecule has 7 heteroatoms. The van der Waals surface area contributed by atoms with E-state index in [0.29, 0.717) is 6.42 Å². The van der Waals surface area contributed by atoms with Crippen LogP contribution in [0.1, 0.15) is 6.42 Å². The van der Waals surface area contributed by atoms with Gasteiger partial charge in [-0.1, -0.05) is 15.9 Å². The van der Waals surface area contributed by atoms with Gasteiger partial charge in [0.2, 0.25) is 5.91 Å². The van der Waals surface area contributed by atoms with Crippen LogP contribution in [0.4, 0.5) is 5.69 Å². The van der Waals surface area contributed by atoms with Crippen LogP contribution in [0, 0.1) is 0 Å². The first-order chi connectivity index (χ1) is 9.06. The van der Waals surface area contributed by atoms with E-state index >= 15 is 0 Å². The maximum atomic E-state index is 12.1. The maximum absolute atomic E-state index is 12.1. The molecule has 1 aromatic rings. The van der Waals surface area contributed by atoms with E-state index in [9.17, 15) is 4.79 Å². The molecule has 1 saturated heterocycles. The molecule has 0 spiro atoms. The number of carbonyl (C=O) groups is 1. The van der Waals surface area contributed by atoms with Crippen LogP contribution in [0.3, 0.4) is 0 Å². The normalized spacial score (nSPS) is 19.2. The number of amides is 1. The summed E-state index contributed by atoms with van der Waals surface area (Å²) in [6.45, 7) is 0.980. The minimum absolute atomic E-state index is 0.0312. The number of halogens is 3. The number of anilines is 1. The Morgan fingerprint density at radius 1 is 1.37 bits per heavy atom. The molecule has 1 fully saturated rings. The summed E-state index contributed by atoms with van der Waals surface area (Å²) in [6.07, 6.45) is 0.502. The molecule has 1 amide bonds. The van der Waals surface area contributed by atoms with E-state index in [4.69, 9.17) is 0 Å². The van der Waals surface area contributed by atoms with E-state index in [1.165, 1.54) is 0 Å². The molecular weight excluding hydrogens is 460 g/mol. The standard InChI is InChI=1S/C12H13Br3N2OS/c13-7-3-9(14)12(10(15)4-7)17-11(18)5-8-6-19-2-1-16-8/h3-4,8,16H,1-2,5-6H2,(H,17,18). The highest BCUT2D eigenvalue weighted by atomic mass is 79.9. The molecule has 0 aliphatic carbocycles.